The van der Waals surface area contributed by atoms with Crippen LogP contribution in [-0.4, -0.2) is 26.3 Å². The van der Waals surface area contributed by atoms with Gasteiger partial charge in [-0.3, -0.25) is 4.79 Å². The maximum atomic E-state index is 11.0. The zero-order valence-electron chi connectivity index (χ0n) is 10.1. The molecule has 0 N–H and O–H groups in total. The fraction of sp³-hybridized carbons (Fsp3) is 0.462. The van der Waals surface area contributed by atoms with Crippen molar-refractivity contribution in [1.82, 2.24) is 0 Å². The summed E-state index contributed by atoms with van der Waals surface area (Å²) < 4.78 is 15.6. The third-order valence-corrected chi connectivity index (χ3v) is 2.91. The van der Waals surface area contributed by atoms with Crippen molar-refractivity contribution in [3.8, 4) is 11.5 Å². The molecule has 1 aliphatic heterocycles. The molecule has 1 fully saturated rings. The third kappa shape index (κ3) is 2.70. The minimum absolute atomic E-state index is 0.0233. The molecule has 0 spiro atoms. The molecule has 0 amide bonds. The summed E-state index contributed by atoms with van der Waals surface area (Å²) in [5.74, 6) is 1.42. The molecule has 17 heavy (non-hydrogen) atoms. The molecule has 1 aliphatic rings. The summed E-state index contributed by atoms with van der Waals surface area (Å²) in [4.78, 5) is 11.0. The van der Waals surface area contributed by atoms with Crippen molar-refractivity contribution in [2.75, 3.05) is 14.2 Å². The van der Waals surface area contributed by atoms with Crippen LogP contribution in [0.3, 0.4) is 0 Å². The van der Waals surface area contributed by atoms with E-state index in [-0.39, 0.29) is 12.1 Å². The first-order valence-corrected chi connectivity index (χ1v) is 5.63. The molecule has 0 bridgehead atoms. The van der Waals surface area contributed by atoms with Crippen LogP contribution in [0.5, 0.6) is 11.5 Å². The van der Waals surface area contributed by atoms with Crippen LogP contribution in [0.15, 0.2) is 18.2 Å². The Kier molecular flexibility index (Phi) is 3.52. The van der Waals surface area contributed by atoms with Crippen molar-refractivity contribution in [3.05, 3.63) is 23.8 Å². The van der Waals surface area contributed by atoms with Gasteiger partial charge in [-0.1, -0.05) is 6.07 Å². The first-order chi connectivity index (χ1) is 8.22. The Labute approximate surface area is 100 Å². The van der Waals surface area contributed by atoms with E-state index in [0.29, 0.717) is 12.8 Å². The van der Waals surface area contributed by atoms with Crippen LogP contribution in [0.25, 0.3) is 0 Å². The first kappa shape index (κ1) is 11.8. The van der Waals surface area contributed by atoms with Crippen molar-refractivity contribution in [2.45, 2.75) is 25.4 Å². The fourth-order valence-electron chi connectivity index (χ4n) is 1.99. The van der Waals surface area contributed by atoms with E-state index in [1.54, 1.807) is 14.2 Å². The molecular weight excluding hydrogens is 220 g/mol. The van der Waals surface area contributed by atoms with Crippen LogP contribution >= 0.6 is 0 Å². The van der Waals surface area contributed by atoms with E-state index in [4.69, 9.17) is 14.2 Å². The second-order valence-electron chi connectivity index (χ2n) is 4.03. The zero-order chi connectivity index (χ0) is 12.3. The van der Waals surface area contributed by atoms with E-state index in [9.17, 15) is 4.79 Å². The minimum atomic E-state index is -0.109. The van der Waals surface area contributed by atoms with Gasteiger partial charge in [-0.25, -0.2) is 0 Å². The summed E-state index contributed by atoms with van der Waals surface area (Å²) in [6.45, 7) is 0. The lowest BCUT2D eigenvalue weighted by atomic mass is 10.0. The second-order valence-corrected chi connectivity index (χ2v) is 4.03. The van der Waals surface area contributed by atoms with E-state index in [1.165, 1.54) is 0 Å². The number of esters is 1. The summed E-state index contributed by atoms with van der Waals surface area (Å²) in [5, 5.41) is 0. The van der Waals surface area contributed by atoms with E-state index in [1.807, 2.05) is 18.2 Å². The smallest absolute Gasteiger partial charge is 0.306 e. The highest BCUT2D eigenvalue weighted by molar-refractivity contribution is 5.71. The lowest BCUT2D eigenvalue weighted by Crippen LogP contribution is -2.11. The number of hydrogen-bond acceptors (Lipinski definition) is 4. The van der Waals surface area contributed by atoms with Crippen LogP contribution in [0, 0.1) is 0 Å². The van der Waals surface area contributed by atoms with Crippen molar-refractivity contribution in [2.24, 2.45) is 0 Å². The quantitative estimate of drug-likeness (QED) is 0.749. The Morgan fingerprint density at radius 1 is 1.35 bits per heavy atom. The molecule has 0 aliphatic carbocycles. The molecule has 4 heteroatoms. The van der Waals surface area contributed by atoms with Crippen LogP contribution in [0.4, 0.5) is 0 Å². The molecular formula is C13H16O4. The Hall–Kier alpha value is -1.71. The van der Waals surface area contributed by atoms with Gasteiger partial charge < -0.3 is 14.2 Å². The predicted octanol–water partition coefficient (Wildman–Crippen LogP) is 1.95. The van der Waals surface area contributed by atoms with Crippen molar-refractivity contribution >= 4 is 5.97 Å². The lowest BCUT2D eigenvalue weighted by Gasteiger charge is -2.13. The largest absolute Gasteiger partial charge is 0.497 e. The third-order valence-electron chi connectivity index (χ3n) is 2.91. The van der Waals surface area contributed by atoms with Gasteiger partial charge in [-0.2, -0.15) is 0 Å². The number of methoxy groups -OCH3 is 2. The van der Waals surface area contributed by atoms with Gasteiger partial charge in [0.1, 0.15) is 17.6 Å². The summed E-state index contributed by atoms with van der Waals surface area (Å²) in [5.41, 5.74) is 1.04. The molecule has 4 nitrogen and oxygen atoms in total. The molecule has 1 aromatic carbocycles. The Balaban J connectivity index is 2.12. The van der Waals surface area contributed by atoms with Crippen molar-refractivity contribution in [1.29, 1.82) is 0 Å². The number of benzene rings is 1. The predicted molar refractivity (Wildman–Crippen MR) is 62.4 cm³/mol. The molecule has 0 aromatic heterocycles. The molecule has 1 atom stereocenters. The van der Waals surface area contributed by atoms with Gasteiger partial charge in [0.15, 0.2) is 0 Å². The van der Waals surface area contributed by atoms with Crippen molar-refractivity contribution in [3.63, 3.8) is 0 Å². The van der Waals surface area contributed by atoms with Gasteiger partial charge in [-0.15, -0.1) is 0 Å². The van der Waals surface area contributed by atoms with Crippen molar-refractivity contribution < 1.29 is 19.0 Å². The summed E-state index contributed by atoms with van der Waals surface area (Å²) >= 11 is 0. The molecule has 1 saturated heterocycles. The number of carbonyl (C=O) groups excluding carboxylic acids is 1. The monoisotopic (exact) mass is 236 g/mol. The Morgan fingerprint density at radius 3 is 2.76 bits per heavy atom. The summed E-state index contributed by atoms with van der Waals surface area (Å²) in [6.07, 6.45) is 1.97. The minimum Gasteiger partial charge on any atom is -0.497 e. The van der Waals surface area contributed by atoms with Gasteiger partial charge in [0.2, 0.25) is 0 Å². The summed E-state index contributed by atoms with van der Waals surface area (Å²) in [7, 11) is 3.24. The molecule has 0 saturated carbocycles. The zero-order valence-corrected chi connectivity index (χ0v) is 10.1. The van der Waals surface area contributed by atoms with Gasteiger partial charge in [-0.05, 0) is 18.1 Å². The summed E-state index contributed by atoms with van der Waals surface area (Å²) in [6, 6.07) is 5.67. The fourth-order valence-corrected chi connectivity index (χ4v) is 1.99. The SMILES string of the molecule is COc1ccc(C[C@@H]2CCC(=O)O2)c(OC)c1. The molecule has 1 heterocycles. The molecule has 1 aromatic rings. The van der Waals surface area contributed by atoms with Gasteiger partial charge in [0.05, 0.1) is 14.2 Å². The van der Waals surface area contributed by atoms with Crippen LogP contribution in [0.2, 0.25) is 0 Å². The van der Waals surface area contributed by atoms with Crippen LogP contribution < -0.4 is 9.47 Å². The normalized spacial score (nSPS) is 18.9. The maximum Gasteiger partial charge on any atom is 0.306 e. The van der Waals surface area contributed by atoms with Gasteiger partial charge in [0, 0.05) is 18.9 Å². The number of hydrogen-bond donors (Lipinski definition) is 0. The average molecular weight is 236 g/mol. The highest BCUT2D eigenvalue weighted by atomic mass is 16.5. The van der Waals surface area contributed by atoms with E-state index < -0.39 is 0 Å². The number of rotatable bonds is 4. The number of cyclic esters (lactones) is 1. The van der Waals surface area contributed by atoms with E-state index >= 15 is 0 Å². The first-order valence-electron chi connectivity index (χ1n) is 5.63. The second kappa shape index (κ2) is 5.08. The molecule has 92 valence electrons. The standard InChI is InChI=1S/C13H16O4/c1-15-10-4-3-9(12(8-10)16-2)7-11-5-6-13(14)17-11/h3-4,8,11H,5-7H2,1-2H3/t11-/m0/s1. The number of ether oxygens (including phenoxy) is 3. The van der Waals surface area contributed by atoms with Crippen LogP contribution in [-0.2, 0) is 16.0 Å². The number of carbonyl (C=O) groups is 1. The van der Waals surface area contributed by atoms with Crippen LogP contribution in [0.1, 0.15) is 18.4 Å². The van der Waals surface area contributed by atoms with Gasteiger partial charge in [0.25, 0.3) is 0 Å². The Morgan fingerprint density at radius 2 is 2.18 bits per heavy atom. The van der Waals surface area contributed by atoms with E-state index in [2.05, 4.69) is 0 Å². The molecule has 0 radical (unpaired) electrons. The van der Waals surface area contributed by atoms with Gasteiger partial charge >= 0.3 is 5.97 Å². The topological polar surface area (TPSA) is 44.8 Å². The molecule has 0 unspecified atom stereocenters. The van der Waals surface area contributed by atoms with E-state index in [0.717, 1.165) is 23.5 Å². The lowest BCUT2D eigenvalue weighted by molar-refractivity contribution is -0.141. The average Bonchev–Trinajstić information content (AvgIpc) is 2.75. The highest BCUT2D eigenvalue weighted by Gasteiger charge is 2.24. The molecule has 2 rings (SSSR count). The maximum absolute atomic E-state index is 11.0. The highest BCUT2D eigenvalue weighted by Crippen LogP contribution is 2.28. The Bertz CT molecular complexity index is 414.